The van der Waals surface area contributed by atoms with Crippen LogP contribution in [0.4, 0.5) is 24.5 Å². The lowest BCUT2D eigenvalue weighted by Crippen LogP contribution is -2.21. The van der Waals surface area contributed by atoms with Gasteiger partial charge in [-0.2, -0.15) is 13.2 Å². The van der Waals surface area contributed by atoms with Gasteiger partial charge in [0.1, 0.15) is 11.5 Å². The van der Waals surface area contributed by atoms with Gasteiger partial charge in [0.15, 0.2) is 6.61 Å². The molecule has 0 atom stereocenters. The number of carbonyl (C=O) groups excluding carboxylic acids is 3. The Kier molecular flexibility index (Phi) is 8.23. The van der Waals surface area contributed by atoms with Gasteiger partial charge in [-0.25, -0.2) is 4.79 Å². The van der Waals surface area contributed by atoms with Crippen LogP contribution in [0.3, 0.4) is 0 Å². The van der Waals surface area contributed by atoms with Crippen LogP contribution in [0.25, 0.3) is 0 Å². The van der Waals surface area contributed by atoms with Gasteiger partial charge in [-0.1, -0.05) is 36.4 Å². The summed E-state index contributed by atoms with van der Waals surface area (Å²) in [4.78, 5) is 35.6. The quantitative estimate of drug-likeness (QED) is 0.315. The Bertz CT molecular complexity index is 1230. The van der Waals surface area contributed by atoms with Crippen molar-refractivity contribution in [3.05, 3.63) is 96.7 Å². The lowest BCUT2D eigenvalue weighted by Gasteiger charge is -2.11. The molecule has 7 nitrogen and oxygen atoms in total. The van der Waals surface area contributed by atoms with Gasteiger partial charge in [0.25, 0.3) is 11.7 Å². The van der Waals surface area contributed by atoms with E-state index in [1.54, 1.807) is 36.4 Å². The molecule has 0 unspecified atom stereocenters. The minimum atomic E-state index is -5.00. The van der Waals surface area contributed by atoms with Crippen molar-refractivity contribution in [1.29, 1.82) is 0 Å². The zero-order valence-corrected chi connectivity index (χ0v) is 18.0. The number of hydrogen-bond donors (Lipinski definition) is 2. The van der Waals surface area contributed by atoms with E-state index in [0.29, 0.717) is 23.3 Å². The Hall–Kier alpha value is -4.60. The maximum atomic E-state index is 12.4. The summed E-state index contributed by atoms with van der Waals surface area (Å²) in [7, 11) is 0. The minimum Gasteiger partial charge on any atom is -0.457 e. The van der Waals surface area contributed by atoms with E-state index in [-0.39, 0.29) is 11.3 Å². The van der Waals surface area contributed by atoms with E-state index in [0.717, 1.165) is 6.20 Å². The predicted octanol–water partition coefficient (Wildman–Crippen LogP) is 5.33. The molecule has 0 bridgehead atoms. The Morgan fingerprint density at radius 3 is 2.29 bits per heavy atom. The van der Waals surface area contributed by atoms with Crippen LogP contribution in [-0.4, -0.2) is 30.4 Å². The molecule has 3 aromatic carbocycles. The molecule has 180 valence electrons. The number of anilines is 2. The van der Waals surface area contributed by atoms with E-state index >= 15 is 0 Å². The second kappa shape index (κ2) is 11.5. The molecule has 0 saturated heterocycles. The third kappa shape index (κ3) is 7.74. The summed E-state index contributed by atoms with van der Waals surface area (Å²) in [5.74, 6) is -2.45. The number of benzene rings is 3. The fourth-order valence-corrected chi connectivity index (χ4v) is 2.76. The van der Waals surface area contributed by atoms with Crippen molar-refractivity contribution in [1.82, 2.24) is 0 Å². The average molecular weight is 484 g/mol. The van der Waals surface area contributed by atoms with Crippen molar-refractivity contribution < 1.29 is 37.0 Å². The SMILES string of the molecule is O=C(COC(=O)c1ccccc1N/C=C/C(=O)C(F)(F)F)Nc1cccc(Oc2ccccc2)c1. The summed E-state index contributed by atoms with van der Waals surface area (Å²) < 4.78 is 47.6. The normalized spacial score (nSPS) is 11.1. The topological polar surface area (TPSA) is 93.7 Å². The first-order chi connectivity index (χ1) is 16.7. The number of ether oxygens (including phenoxy) is 2. The molecular weight excluding hydrogens is 465 g/mol. The second-order valence-corrected chi connectivity index (χ2v) is 6.95. The summed E-state index contributed by atoms with van der Waals surface area (Å²) in [6, 6.07) is 21.5. The van der Waals surface area contributed by atoms with Crippen molar-refractivity contribution in [2.45, 2.75) is 6.18 Å². The first kappa shape index (κ1) is 25.0. The fourth-order valence-electron chi connectivity index (χ4n) is 2.76. The van der Waals surface area contributed by atoms with Crippen LogP contribution >= 0.6 is 0 Å². The third-order valence-electron chi connectivity index (χ3n) is 4.33. The van der Waals surface area contributed by atoms with Gasteiger partial charge in [0.05, 0.1) is 11.3 Å². The second-order valence-electron chi connectivity index (χ2n) is 6.95. The molecule has 1 amide bonds. The maximum Gasteiger partial charge on any atom is 0.454 e. The number of alkyl halides is 3. The van der Waals surface area contributed by atoms with Gasteiger partial charge in [0.2, 0.25) is 0 Å². The Morgan fingerprint density at radius 2 is 1.54 bits per heavy atom. The number of rotatable bonds is 9. The van der Waals surface area contributed by atoms with Crippen molar-refractivity contribution >= 4 is 29.0 Å². The van der Waals surface area contributed by atoms with Crippen LogP contribution in [0.15, 0.2) is 91.1 Å². The molecule has 0 aromatic heterocycles. The summed E-state index contributed by atoms with van der Waals surface area (Å²) in [6.07, 6.45) is -3.94. The highest BCUT2D eigenvalue weighted by Crippen LogP contribution is 2.24. The molecule has 0 saturated carbocycles. The van der Waals surface area contributed by atoms with E-state index in [9.17, 15) is 27.6 Å². The molecule has 3 rings (SSSR count). The molecule has 0 radical (unpaired) electrons. The molecular formula is C25H19F3N2O5. The summed E-state index contributed by atoms with van der Waals surface area (Å²) in [5.41, 5.74) is 0.471. The van der Waals surface area contributed by atoms with E-state index < -0.39 is 30.4 Å². The number of nitrogens with one attached hydrogen (secondary N) is 2. The highest BCUT2D eigenvalue weighted by molar-refractivity contribution is 5.99. The molecule has 3 aromatic rings. The Morgan fingerprint density at radius 1 is 0.857 bits per heavy atom. The van der Waals surface area contributed by atoms with E-state index in [4.69, 9.17) is 9.47 Å². The van der Waals surface area contributed by atoms with Gasteiger partial charge in [-0.3, -0.25) is 9.59 Å². The standard InChI is InChI=1S/C25H19F3N2O5/c26-25(27,28)22(31)13-14-29-21-12-5-4-11-20(21)24(33)34-16-23(32)30-17-7-6-10-19(15-17)35-18-8-2-1-3-9-18/h1-15,29H,16H2,(H,30,32)/b14-13+. The molecule has 0 aliphatic heterocycles. The van der Waals surface area contributed by atoms with Gasteiger partial charge in [0, 0.05) is 24.0 Å². The van der Waals surface area contributed by atoms with Crippen LogP contribution in [0.5, 0.6) is 11.5 Å². The minimum absolute atomic E-state index is 0.0392. The molecule has 0 fully saturated rings. The first-order valence-corrected chi connectivity index (χ1v) is 10.2. The summed E-state index contributed by atoms with van der Waals surface area (Å²) >= 11 is 0. The largest absolute Gasteiger partial charge is 0.457 e. The van der Waals surface area contributed by atoms with Crippen molar-refractivity contribution in [3.63, 3.8) is 0 Å². The van der Waals surface area contributed by atoms with Crippen LogP contribution in [0.1, 0.15) is 10.4 Å². The van der Waals surface area contributed by atoms with Crippen LogP contribution in [-0.2, 0) is 14.3 Å². The van der Waals surface area contributed by atoms with Crippen LogP contribution in [0.2, 0.25) is 0 Å². The zero-order valence-electron chi connectivity index (χ0n) is 18.0. The van der Waals surface area contributed by atoms with Crippen LogP contribution in [0, 0.1) is 0 Å². The average Bonchev–Trinajstić information content (AvgIpc) is 2.83. The number of allylic oxidation sites excluding steroid dienone is 1. The summed E-state index contributed by atoms with van der Waals surface area (Å²) in [6.45, 7) is -0.612. The lowest BCUT2D eigenvalue weighted by molar-refractivity contribution is -0.165. The summed E-state index contributed by atoms with van der Waals surface area (Å²) in [5, 5.41) is 5.02. The molecule has 10 heteroatoms. The number of para-hydroxylation sites is 2. The number of halogens is 3. The van der Waals surface area contributed by atoms with Gasteiger partial charge in [-0.05, 0) is 36.4 Å². The van der Waals surface area contributed by atoms with Gasteiger partial charge in [-0.15, -0.1) is 0 Å². The van der Waals surface area contributed by atoms with Crippen LogP contribution < -0.4 is 15.4 Å². The number of amides is 1. The Balaban J connectivity index is 1.55. The first-order valence-electron chi connectivity index (χ1n) is 10.2. The molecule has 0 spiro atoms. The van der Waals surface area contributed by atoms with Gasteiger partial charge < -0.3 is 20.1 Å². The highest BCUT2D eigenvalue weighted by Gasteiger charge is 2.36. The number of esters is 1. The lowest BCUT2D eigenvalue weighted by atomic mass is 10.2. The van der Waals surface area contributed by atoms with Crippen molar-refractivity contribution in [2.75, 3.05) is 17.2 Å². The third-order valence-corrected chi connectivity index (χ3v) is 4.33. The number of ketones is 1. The Labute approximate surface area is 198 Å². The zero-order chi connectivity index (χ0) is 25.3. The highest BCUT2D eigenvalue weighted by atomic mass is 19.4. The van der Waals surface area contributed by atoms with Gasteiger partial charge >= 0.3 is 12.1 Å². The predicted molar refractivity (Wildman–Crippen MR) is 122 cm³/mol. The molecule has 0 heterocycles. The monoisotopic (exact) mass is 484 g/mol. The van der Waals surface area contributed by atoms with E-state index in [1.165, 1.54) is 24.3 Å². The fraction of sp³-hybridized carbons (Fsp3) is 0.0800. The molecule has 2 N–H and O–H groups in total. The van der Waals surface area contributed by atoms with E-state index in [1.807, 2.05) is 18.2 Å². The van der Waals surface area contributed by atoms with Crippen molar-refractivity contribution in [3.8, 4) is 11.5 Å². The van der Waals surface area contributed by atoms with E-state index in [2.05, 4.69) is 10.6 Å². The molecule has 35 heavy (non-hydrogen) atoms. The maximum absolute atomic E-state index is 12.4. The molecule has 0 aliphatic carbocycles. The number of hydrogen-bond acceptors (Lipinski definition) is 6. The molecule has 0 aliphatic rings. The number of carbonyl (C=O) groups is 3. The van der Waals surface area contributed by atoms with Crippen molar-refractivity contribution in [2.24, 2.45) is 0 Å². The smallest absolute Gasteiger partial charge is 0.454 e.